The van der Waals surface area contributed by atoms with Crippen molar-refractivity contribution in [1.29, 1.82) is 0 Å². The Morgan fingerprint density at radius 3 is 2.61 bits per heavy atom. The van der Waals surface area contributed by atoms with Crippen molar-refractivity contribution in [3.63, 3.8) is 0 Å². The van der Waals surface area contributed by atoms with Crippen LogP contribution in [0.3, 0.4) is 0 Å². The molecule has 0 saturated heterocycles. The van der Waals surface area contributed by atoms with Crippen LogP contribution in [0.5, 0.6) is 0 Å². The van der Waals surface area contributed by atoms with Crippen LogP contribution in [0.2, 0.25) is 0 Å². The number of nitrogens with zero attached hydrogens (tertiary/aromatic N) is 1. The summed E-state index contributed by atoms with van der Waals surface area (Å²) in [6, 6.07) is 6.13. The van der Waals surface area contributed by atoms with Crippen molar-refractivity contribution in [3.05, 3.63) is 45.5 Å². The molecule has 0 bridgehead atoms. The lowest BCUT2D eigenvalue weighted by Crippen LogP contribution is -2.21. The highest BCUT2D eigenvalue weighted by Gasteiger charge is 2.24. The van der Waals surface area contributed by atoms with Crippen molar-refractivity contribution in [3.8, 4) is 0 Å². The number of rotatable bonds is 2. The highest BCUT2D eigenvalue weighted by Crippen LogP contribution is 2.26. The highest BCUT2D eigenvalue weighted by molar-refractivity contribution is 6.34. The molecule has 1 aliphatic carbocycles. The molecule has 0 radical (unpaired) electrons. The van der Waals surface area contributed by atoms with Crippen LogP contribution >= 0.6 is 11.6 Å². The molecule has 0 spiro atoms. The first-order chi connectivity index (χ1) is 8.58. The highest BCUT2D eigenvalue weighted by atomic mass is 35.5. The van der Waals surface area contributed by atoms with Crippen LogP contribution in [0.4, 0.5) is 5.69 Å². The van der Waals surface area contributed by atoms with E-state index in [1.165, 1.54) is 12.1 Å². The van der Waals surface area contributed by atoms with E-state index in [-0.39, 0.29) is 11.5 Å². The number of nitro groups is 1. The molecule has 0 heterocycles. The summed E-state index contributed by atoms with van der Waals surface area (Å²) in [5.74, 6) is -0.0266. The fourth-order valence-corrected chi connectivity index (χ4v) is 2.26. The Hall–Kier alpha value is -1.68. The Bertz CT molecular complexity index is 507. The number of benzene rings is 1. The van der Waals surface area contributed by atoms with Gasteiger partial charge in [-0.05, 0) is 48.6 Å². The number of Topliss-reactive ketones (excluding diaryl/α,β-unsaturated/α-hetero) is 1. The van der Waals surface area contributed by atoms with Crippen LogP contribution in [-0.4, -0.2) is 16.1 Å². The normalized spacial score (nSPS) is 22.2. The van der Waals surface area contributed by atoms with Crippen LogP contribution in [0.25, 0.3) is 6.08 Å². The van der Waals surface area contributed by atoms with Gasteiger partial charge in [0.25, 0.3) is 5.69 Å². The maximum Gasteiger partial charge on any atom is 0.269 e. The van der Waals surface area contributed by atoms with Crippen molar-refractivity contribution in [2.45, 2.75) is 24.6 Å². The summed E-state index contributed by atoms with van der Waals surface area (Å²) in [5.41, 5.74) is 1.53. The standard InChI is InChI=1S/C13H12ClNO3/c14-12-3-1-2-10(13(12)16)8-9-4-6-11(7-5-9)15(17)18/h4-8,12H,1-3H2. The second-order valence-electron chi connectivity index (χ2n) is 4.24. The van der Waals surface area contributed by atoms with Crippen molar-refractivity contribution in [2.75, 3.05) is 0 Å². The lowest BCUT2D eigenvalue weighted by atomic mass is 9.91. The number of hydrogen-bond acceptors (Lipinski definition) is 3. The van der Waals surface area contributed by atoms with E-state index in [9.17, 15) is 14.9 Å². The van der Waals surface area contributed by atoms with Crippen LogP contribution in [-0.2, 0) is 4.79 Å². The van der Waals surface area contributed by atoms with E-state index in [4.69, 9.17) is 11.6 Å². The minimum atomic E-state index is -0.447. The molecule has 4 nitrogen and oxygen atoms in total. The molecule has 94 valence electrons. The number of allylic oxidation sites excluding steroid dienone is 1. The number of halogens is 1. The lowest BCUT2D eigenvalue weighted by molar-refractivity contribution is -0.384. The molecule has 1 fully saturated rings. The van der Waals surface area contributed by atoms with Gasteiger partial charge >= 0.3 is 0 Å². The maximum absolute atomic E-state index is 11.8. The lowest BCUT2D eigenvalue weighted by Gasteiger charge is -2.17. The molecule has 18 heavy (non-hydrogen) atoms. The zero-order valence-electron chi connectivity index (χ0n) is 9.64. The van der Waals surface area contributed by atoms with Crippen LogP contribution in [0.1, 0.15) is 24.8 Å². The summed E-state index contributed by atoms with van der Waals surface area (Å²) < 4.78 is 0. The molecule has 0 aliphatic heterocycles. The van der Waals surface area contributed by atoms with Gasteiger partial charge < -0.3 is 0 Å². The number of alkyl halides is 1. The Morgan fingerprint density at radius 2 is 2.00 bits per heavy atom. The first-order valence-electron chi connectivity index (χ1n) is 5.71. The van der Waals surface area contributed by atoms with Gasteiger partial charge in [-0.15, -0.1) is 11.6 Å². The summed E-state index contributed by atoms with van der Waals surface area (Å²) in [4.78, 5) is 21.9. The van der Waals surface area contributed by atoms with Gasteiger partial charge in [0, 0.05) is 12.1 Å². The molecule has 5 heteroatoms. The Labute approximate surface area is 109 Å². The van der Waals surface area contributed by atoms with Crippen LogP contribution < -0.4 is 0 Å². The van der Waals surface area contributed by atoms with E-state index in [1.807, 2.05) is 0 Å². The largest absolute Gasteiger partial charge is 0.293 e. The quantitative estimate of drug-likeness (QED) is 0.357. The number of ketones is 1. The zero-order chi connectivity index (χ0) is 13.1. The number of hydrogen-bond donors (Lipinski definition) is 0. The van der Waals surface area contributed by atoms with E-state index in [2.05, 4.69) is 0 Å². The smallest absolute Gasteiger partial charge is 0.269 e. The molecule has 1 aliphatic rings. The van der Waals surface area contributed by atoms with Gasteiger partial charge in [0.2, 0.25) is 0 Å². The molecule has 0 amide bonds. The molecule has 1 atom stereocenters. The maximum atomic E-state index is 11.8. The third-order valence-corrected chi connectivity index (χ3v) is 3.37. The minimum Gasteiger partial charge on any atom is -0.293 e. The average Bonchev–Trinajstić information content (AvgIpc) is 2.36. The van der Waals surface area contributed by atoms with Gasteiger partial charge in [0.1, 0.15) is 0 Å². The van der Waals surface area contributed by atoms with Gasteiger partial charge in [0.05, 0.1) is 10.3 Å². The van der Waals surface area contributed by atoms with Gasteiger partial charge in [0.15, 0.2) is 5.78 Å². The van der Waals surface area contributed by atoms with Crippen molar-refractivity contribution in [1.82, 2.24) is 0 Å². The van der Waals surface area contributed by atoms with Crippen molar-refractivity contribution in [2.24, 2.45) is 0 Å². The Balaban J connectivity index is 2.22. The van der Waals surface area contributed by atoms with Gasteiger partial charge in [-0.2, -0.15) is 0 Å². The third kappa shape index (κ3) is 2.76. The van der Waals surface area contributed by atoms with Crippen LogP contribution in [0.15, 0.2) is 29.8 Å². The van der Waals surface area contributed by atoms with E-state index in [1.54, 1.807) is 18.2 Å². The molecular formula is C13H12ClNO3. The van der Waals surface area contributed by atoms with Crippen molar-refractivity contribution >= 4 is 29.1 Å². The fourth-order valence-electron chi connectivity index (χ4n) is 1.96. The number of nitro benzene ring substituents is 1. The number of carbonyl (C=O) groups excluding carboxylic acids is 1. The summed E-state index contributed by atoms with van der Waals surface area (Å²) in [7, 11) is 0. The SMILES string of the molecule is O=C1C(=Cc2ccc([N+](=O)[O-])cc2)CCCC1Cl. The van der Waals surface area contributed by atoms with Crippen molar-refractivity contribution < 1.29 is 9.72 Å². The third-order valence-electron chi connectivity index (χ3n) is 2.95. The topological polar surface area (TPSA) is 60.2 Å². The average molecular weight is 266 g/mol. The van der Waals surface area contributed by atoms with E-state index in [0.29, 0.717) is 5.57 Å². The summed E-state index contributed by atoms with van der Waals surface area (Å²) >= 11 is 5.92. The molecule has 2 rings (SSSR count). The van der Waals surface area contributed by atoms with E-state index < -0.39 is 10.3 Å². The predicted octanol–water partition coefficient (Wildman–Crippen LogP) is 3.34. The predicted molar refractivity (Wildman–Crippen MR) is 69.6 cm³/mol. The molecule has 0 N–H and O–H groups in total. The van der Waals surface area contributed by atoms with Gasteiger partial charge in [-0.3, -0.25) is 14.9 Å². The Morgan fingerprint density at radius 1 is 1.33 bits per heavy atom. The summed E-state index contributed by atoms with van der Waals surface area (Å²) in [6.07, 6.45) is 4.11. The number of non-ortho nitro benzene ring substituents is 1. The molecule has 1 saturated carbocycles. The monoisotopic (exact) mass is 265 g/mol. The summed E-state index contributed by atoms with van der Waals surface area (Å²) in [6.45, 7) is 0. The summed E-state index contributed by atoms with van der Waals surface area (Å²) in [5, 5.41) is 10.1. The van der Waals surface area contributed by atoms with Crippen LogP contribution in [0, 0.1) is 10.1 Å². The van der Waals surface area contributed by atoms with Gasteiger partial charge in [-0.25, -0.2) is 0 Å². The molecule has 0 aromatic heterocycles. The van der Waals surface area contributed by atoms with E-state index in [0.717, 1.165) is 24.8 Å². The Kier molecular flexibility index (Phi) is 3.77. The number of carbonyl (C=O) groups is 1. The second kappa shape index (κ2) is 5.31. The molecule has 1 aromatic carbocycles. The molecule has 1 unspecified atom stereocenters. The minimum absolute atomic E-state index is 0.0266. The molecular weight excluding hydrogens is 254 g/mol. The van der Waals surface area contributed by atoms with Gasteiger partial charge in [-0.1, -0.05) is 0 Å². The first kappa shape index (κ1) is 12.8. The second-order valence-corrected chi connectivity index (χ2v) is 4.77. The van der Waals surface area contributed by atoms with E-state index >= 15 is 0 Å². The zero-order valence-corrected chi connectivity index (χ0v) is 10.4. The first-order valence-corrected chi connectivity index (χ1v) is 6.15. The molecule has 1 aromatic rings. The fraction of sp³-hybridized carbons (Fsp3) is 0.308.